The smallest absolute Gasteiger partial charge is 0.113 e. The van der Waals surface area contributed by atoms with Crippen LogP contribution in [0.25, 0.3) is 0 Å². The lowest BCUT2D eigenvalue weighted by molar-refractivity contribution is 0.671. The number of aryl methyl sites for hydroxylation is 1. The maximum Gasteiger partial charge on any atom is 0.113 e. The Labute approximate surface area is 122 Å². The lowest BCUT2D eigenvalue weighted by atomic mass is 10.1. The van der Waals surface area contributed by atoms with Gasteiger partial charge in [0.05, 0.1) is 15.0 Å². The third-order valence-corrected chi connectivity index (χ3v) is 5.47. The molecule has 0 aliphatic rings. The van der Waals surface area contributed by atoms with E-state index in [1.165, 1.54) is 0 Å². The fraction of sp³-hybridized carbons (Fsp3) is 0.571. The molecule has 0 spiro atoms. The molecule has 0 aromatic carbocycles. The Morgan fingerprint density at radius 2 is 2.05 bits per heavy atom. The van der Waals surface area contributed by atoms with Gasteiger partial charge in [0.25, 0.3) is 0 Å². The van der Waals surface area contributed by atoms with Crippen molar-refractivity contribution < 1.29 is 4.21 Å². The second-order valence-electron chi connectivity index (χ2n) is 5.32. The van der Waals surface area contributed by atoms with Crippen LogP contribution in [0.15, 0.2) is 22.7 Å². The van der Waals surface area contributed by atoms with Crippen LogP contribution >= 0.6 is 12.2 Å². The van der Waals surface area contributed by atoms with Crippen LogP contribution in [-0.2, 0) is 9.73 Å². The van der Waals surface area contributed by atoms with Crippen LogP contribution in [0.3, 0.4) is 0 Å². The van der Waals surface area contributed by atoms with Crippen molar-refractivity contribution in [2.24, 2.45) is 10.3 Å². The van der Waals surface area contributed by atoms with Crippen LogP contribution in [-0.4, -0.2) is 20.4 Å². The topological polar surface area (TPSA) is 42.3 Å². The molecule has 0 radical (unpaired) electrons. The lowest BCUT2D eigenvalue weighted by Gasteiger charge is -2.14. The maximum absolute atomic E-state index is 12.7. The first-order valence-electron chi connectivity index (χ1n) is 6.38. The van der Waals surface area contributed by atoms with Gasteiger partial charge in [0.2, 0.25) is 0 Å². The molecule has 3 nitrogen and oxygen atoms in total. The summed E-state index contributed by atoms with van der Waals surface area (Å²) in [5.41, 5.74) is 1.89. The molecule has 2 unspecified atom stereocenters. The molecule has 0 amide bonds. The van der Waals surface area contributed by atoms with Crippen LogP contribution in [0.2, 0.25) is 0 Å². The predicted molar refractivity (Wildman–Crippen MR) is 85.9 cm³/mol. The molecule has 1 aromatic heterocycles. The molecule has 0 N–H and O–H groups in total. The van der Waals surface area contributed by atoms with E-state index in [9.17, 15) is 4.21 Å². The van der Waals surface area contributed by atoms with E-state index in [1.807, 2.05) is 26.0 Å². The summed E-state index contributed by atoms with van der Waals surface area (Å²) in [5.74, 6) is 0.433. The van der Waals surface area contributed by atoms with Crippen molar-refractivity contribution in [3.8, 4) is 0 Å². The zero-order chi connectivity index (χ0) is 14.6. The van der Waals surface area contributed by atoms with Gasteiger partial charge in [-0.15, -0.1) is 0 Å². The molecule has 0 saturated carbocycles. The third-order valence-electron chi connectivity index (χ3n) is 2.93. The predicted octanol–water partition coefficient (Wildman–Crippen LogP) is 3.92. The van der Waals surface area contributed by atoms with Gasteiger partial charge in [-0.3, -0.25) is 4.98 Å². The van der Waals surface area contributed by atoms with Gasteiger partial charge in [-0.25, -0.2) is 4.21 Å². The minimum absolute atomic E-state index is 0.175. The van der Waals surface area contributed by atoms with Crippen molar-refractivity contribution in [3.05, 3.63) is 29.6 Å². The highest BCUT2D eigenvalue weighted by molar-refractivity contribution is 7.94. The summed E-state index contributed by atoms with van der Waals surface area (Å²) in [6, 6.07) is 3.88. The van der Waals surface area contributed by atoms with Crippen molar-refractivity contribution in [1.29, 1.82) is 0 Å². The third kappa shape index (κ3) is 4.99. The monoisotopic (exact) mass is 298 g/mol. The van der Waals surface area contributed by atoms with Crippen LogP contribution in [0.4, 0.5) is 0 Å². The molecule has 0 aliphatic heterocycles. The highest BCUT2D eigenvalue weighted by Crippen LogP contribution is 2.23. The first-order valence-corrected chi connectivity index (χ1v) is 8.78. The van der Waals surface area contributed by atoms with Crippen LogP contribution in [0.5, 0.6) is 0 Å². The largest absolute Gasteiger partial charge is 0.261 e. The maximum atomic E-state index is 12.7. The van der Waals surface area contributed by atoms with Gasteiger partial charge in [0.1, 0.15) is 4.99 Å². The van der Waals surface area contributed by atoms with E-state index in [4.69, 9.17) is 12.2 Å². The summed E-state index contributed by atoms with van der Waals surface area (Å²) < 4.78 is 17.0. The SMILES string of the molecule is Cc1ccc(C(C)S(C)(=O)=NC(=S)CC(C)C)cn1. The fourth-order valence-electron chi connectivity index (χ4n) is 1.64. The number of pyridine rings is 1. The van der Waals surface area contributed by atoms with Crippen molar-refractivity contribution in [2.75, 3.05) is 6.26 Å². The normalized spacial score (nSPS) is 15.9. The number of aromatic nitrogens is 1. The molecule has 0 bridgehead atoms. The van der Waals surface area contributed by atoms with Crippen molar-refractivity contribution >= 4 is 26.9 Å². The number of hydrogen-bond donors (Lipinski definition) is 0. The minimum Gasteiger partial charge on any atom is -0.261 e. The van der Waals surface area contributed by atoms with E-state index in [0.29, 0.717) is 17.3 Å². The van der Waals surface area contributed by atoms with E-state index < -0.39 is 9.73 Å². The fourth-order valence-corrected chi connectivity index (χ4v) is 3.70. The molecule has 2 atom stereocenters. The Hall–Kier alpha value is -0.810. The Kier molecular flexibility index (Phi) is 5.62. The van der Waals surface area contributed by atoms with Crippen molar-refractivity contribution in [3.63, 3.8) is 0 Å². The summed E-state index contributed by atoms with van der Waals surface area (Å²) >= 11 is 5.21. The first kappa shape index (κ1) is 16.2. The zero-order valence-corrected chi connectivity index (χ0v) is 13.8. The van der Waals surface area contributed by atoms with E-state index in [0.717, 1.165) is 11.3 Å². The number of nitrogens with zero attached hydrogens (tertiary/aromatic N) is 2. The summed E-state index contributed by atoms with van der Waals surface area (Å²) in [4.78, 5) is 4.79. The van der Waals surface area contributed by atoms with Gasteiger partial charge in [-0.05, 0) is 31.4 Å². The number of rotatable bonds is 4. The summed E-state index contributed by atoms with van der Waals surface area (Å²) in [5, 5.41) is -0.175. The van der Waals surface area contributed by atoms with Gasteiger partial charge in [-0.2, -0.15) is 4.36 Å². The van der Waals surface area contributed by atoms with E-state index in [2.05, 4.69) is 23.2 Å². The van der Waals surface area contributed by atoms with Crippen LogP contribution < -0.4 is 0 Å². The van der Waals surface area contributed by atoms with Crippen molar-refractivity contribution in [1.82, 2.24) is 4.98 Å². The molecule has 1 heterocycles. The van der Waals surface area contributed by atoms with Crippen molar-refractivity contribution in [2.45, 2.75) is 39.4 Å². The van der Waals surface area contributed by atoms with Gasteiger partial charge in [0.15, 0.2) is 0 Å². The molecule has 1 rings (SSSR count). The molecule has 5 heteroatoms. The number of thiocarbonyl (C=S) groups is 1. The van der Waals surface area contributed by atoms with E-state index >= 15 is 0 Å². The van der Waals surface area contributed by atoms with E-state index in [1.54, 1.807) is 12.5 Å². The Morgan fingerprint density at radius 1 is 1.42 bits per heavy atom. The number of hydrogen-bond acceptors (Lipinski definition) is 3. The first-order chi connectivity index (χ1) is 8.72. The molecule has 106 valence electrons. The molecule has 0 fully saturated rings. The second kappa shape index (κ2) is 6.57. The van der Waals surface area contributed by atoms with Crippen LogP contribution in [0, 0.1) is 12.8 Å². The molecule has 1 aromatic rings. The Balaban J connectivity index is 2.99. The molecular formula is C14H22N2OS2. The molecule has 0 aliphatic carbocycles. The van der Waals surface area contributed by atoms with E-state index in [-0.39, 0.29) is 5.25 Å². The molecule has 19 heavy (non-hydrogen) atoms. The van der Waals surface area contributed by atoms with Gasteiger partial charge >= 0.3 is 0 Å². The highest BCUT2D eigenvalue weighted by Gasteiger charge is 2.17. The van der Waals surface area contributed by atoms with Crippen LogP contribution in [0.1, 0.15) is 43.7 Å². The second-order valence-corrected chi connectivity index (χ2v) is 8.40. The zero-order valence-electron chi connectivity index (χ0n) is 12.2. The summed E-state index contributed by atoms with van der Waals surface area (Å²) in [6.45, 7) is 8.00. The van der Waals surface area contributed by atoms with Gasteiger partial charge in [-0.1, -0.05) is 32.1 Å². The molecular weight excluding hydrogens is 276 g/mol. The highest BCUT2D eigenvalue weighted by atomic mass is 32.2. The lowest BCUT2D eigenvalue weighted by Crippen LogP contribution is -2.11. The average molecular weight is 298 g/mol. The van der Waals surface area contributed by atoms with Gasteiger partial charge in [0, 0.05) is 24.6 Å². The Bertz CT molecular complexity index is 555. The van der Waals surface area contributed by atoms with Gasteiger partial charge < -0.3 is 0 Å². The molecule has 0 saturated heterocycles. The minimum atomic E-state index is -2.38. The Morgan fingerprint density at radius 3 is 2.53 bits per heavy atom. The summed E-state index contributed by atoms with van der Waals surface area (Å²) in [6.07, 6.45) is 4.15. The summed E-state index contributed by atoms with van der Waals surface area (Å²) in [7, 11) is -2.38. The standard InChI is InChI=1S/C14H22N2OS2/c1-10(2)8-14(18)16-19(5,17)12(4)13-7-6-11(3)15-9-13/h6-7,9-10,12H,8H2,1-5H3. The quantitative estimate of drug-likeness (QED) is 0.791. The average Bonchev–Trinajstić information content (AvgIpc) is 2.27.